The molecule has 3 rings (SSSR count). The first-order valence-electron chi connectivity index (χ1n) is 11.6. The van der Waals surface area contributed by atoms with Gasteiger partial charge in [0.1, 0.15) is 18.1 Å². The minimum Gasteiger partial charge on any atom is -0.496 e. The molecular weight excluding hydrogens is 415 g/mol. The van der Waals surface area contributed by atoms with E-state index in [2.05, 4.69) is 29.6 Å². The van der Waals surface area contributed by atoms with Crippen LogP contribution in [0.1, 0.15) is 74.0 Å². The van der Waals surface area contributed by atoms with Gasteiger partial charge < -0.3 is 14.8 Å². The van der Waals surface area contributed by atoms with Gasteiger partial charge in [-0.3, -0.25) is 0 Å². The highest BCUT2D eigenvalue weighted by atomic mass is 19.4. The summed E-state index contributed by atoms with van der Waals surface area (Å²) in [4.78, 5) is 0. The van der Waals surface area contributed by atoms with Crippen molar-refractivity contribution in [3.63, 3.8) is 0 Å². The summed E-state index contributed by atoms with van der Waals surface area (Å²) in [6.45, 7) is -0.531. The number of ether oxygens (including phenoxy) is 2. The van der Waals surface area contributed by atoms with Crippen molar-refractivity contribution in [3.05, 3.63) is 59.2 Å². The zero-order chi connectivity index (χ0) is 22.8. The Bertz CT molecular complexity index is 811. The minimum absolute atomic E-state index is 0.0750. The van der Waals surface area contributed by atoms with Crippen LogP contribution in [-0.4, -0.2) is 19.8 Å². The number of rotatable bonds is 8. The van der Waals surface area contributed by atoms with Crippen molar-refractivity contribution >= 4 is 0 Å². The number of nitrogens with one attached hydrogen (secondary N) is 1. The van der Waals surface area contributed by atoms with Crippen molar-refractivity contribution < 1.29 is 22.6 Å². The lowest BCUT2D eigenvalue weighted by molar-refractivity contribution is -0.125. The first-order valence-corrected chi connectivity index (χ1v) is 11.6. The molecule has 0 unspecified atom stereocenters. The second kappa shape index (κ2) is 12.1. The third kappa shape index (κ3) is 8.05. The molecule has 1 saturated carbocycles. The van der Waals surface area contributed by atoms with Crippen LogP contribution < -0.4 is 14.8 Å². The van der Waals surface area contributed by atoms with E-state index in [9.17, 15) is 13.2 Å². The summed E-state index contributed by atoms with van der Waals surface area (Å²) in [5.74, 6) is 1.79. The fraction of sp³-hybridized carbons (Fsp3) is 0.538. The van der Waals surface area contributed by atoms with Gasteiger partial charge in [0.2, 0.25) is 0 Å². The normalized spacial score (nSPS) is 16.1. The minimum atomic E-state index is -4.24. The molecule has 0 heterocycles. The van der Waals surface area contributed by atoms with Crippen LogP contribution in [0.2, 0.25) is 0 Å². The highest BCUT2D eigenvalue weighted by molar-refractivity contribution is 5.41. The Morgan fingerprint density at radius 1 is 0.906 bits per heavy atom. The Balaban J connectivity index is 1.54. The molecule has 0 saturated heterocycles. The molecule has 6 heteroatoms. The molecule has 0 atom stereocenters. The molecule has 0 spiro atoms. The van der Waals surface area contributed by atoms with Crippen LogP contribution >= 0.6 is 0 Å². The molecule has 2 aromatic rings. The molecule has 0 aromatic heterocycles. The van der Waals surface area contributed by atoms with E-state index in [-0.39, 0.29) is 6.54 Å². The van der Waals surface area contributed by atoms with Crippen LogP contribution in [-0.2, 0) is 13.2 Å². The van der Waals surface area contributed by atoms with Crippen molar-refractivity contribution in [3.8, 4) is 11.5 Å². The van der Waals surface area contributed by atoms with Crippen molar-refractivity contribution in [2.75, 3.05) is 13.7 Å². The molecule has 176 valence electrons. The Kier molecular flexibility index (Phi) is 9.27. The van der Waals surface area contributed by atoms with Crippen LogP contribution in [0.15, 0.2) is 42.5 Å². The lowest BCUT2D eigenvalue weighted by atomic mass is 9.89. The van der Waals surface area contributed by atoms with Gasteiger partial charge in [0.25, 0.3) is 0 Å². The molecule has 1 fully saturated rings. The lowest BCUT2D eigenvalue weighted by Gasteiger charge is -2.17. The maximum Gasteiger partial charge on any atom is 0.401 e. The van der Waals surface area contributed by atoms with Gasteiger partial charge in [-0.2, -0.15) is 13.2 Å². The summed E-state index contributed by atoms with van der Waals surface area (Å²) >= 11 is 0. The first-order chi connectivity index (χ1) is 15.4. The summed E-state index contributed by atoms with van der Waals surface area (Å²) < 4.78 is 48.2. The molecular formula is C26H34F3NO2. The van der Waals surface area contributed by atoms with Gasteiger partial charge in [-0.25, -0.2) is 0 Å². The molecule has 0 amide bonds. The lowest BCUT2D eigenvalue weighted by Crippen LogP contribution is -2.28. The Morgan fingerprint density at radius 3 is 2.19 bits per heavy atom. The molecule has 0 aliphatic heterocycles. The van der Waals surface area contributed by atoms with Crippen LogP contribution in [0.3, 0.4) is 0 Å². The average Bonchev–Trinajstić information content (AvgIpc) is 2.92. The maximum atomic E-state index is 12.3. The molecule has 3 nitrogen and oxygen atoms in total. The van der Waals surface area contributed by atoms with Gasteiger partial charge >= 0.3 is 6.18 Å². The monoisotopic (exact) mass is 449 g/mol. The van der Waals surface area contributed by atoms with Crippen LogP contribution in [0.4, 0.5) is 13.2 Å². The van der Waals surface area contributed by atoms with Crippen molar-refractivity contribution in [2.24, 2.45) is 0 Å². The van der Waals surface area contributed by atoms with E-state index in [4.69, 9.17) is 9.47 Å². The highest BCUT2D eigenvalue weighted by Gasteiger charge is 2.26. The SMILES string of the molecule is COc1cc(OCc2ccc(C3CCCCCCCC3)cc2)ccc1CNCC(F)(F)F. The quantitative estimate of drug-likeness (QED) is 0.464. The Morgan fingerprint density at radius 2 is 1.56 bits per heavy atom. The molecule has 0 bridgehead atoms. The van der Waals surface area contributed by atoms with Gasteiger partial charge in [0.15, 0.2) is 0 Å². The van der Waals surface area contributed by atoms with Crippen LogP contribution in [0, 0.1) is 0 Å². The smallest absolute Gasteiger partial charge is 0.401 e. The van der Waals surface area contributed by atoms with E-state index >= 15 is 0 Å². The number of hydrogen-bond acceptors (Lipinski definition) is 3. The third-order valence-corrected chi connectivity index (χ3v) is 6.11. The average molecular weight is 450 g/mol. The predicted octanol–water partition coefficient (Wildman–Crippen LogP) is 7.14. The number of benzene rings is 2. The molecule has 1 aliphatic rings. The number of alkyl halides is 3. The zero-order valence-electron chi connectivity index (χ0n) is 18.8. The Hall–Kier alpha value is -2.21. The van der Waals surface area contributed by atoms with Crippen molar-refractivity contribution in [2.45, 2.75) is 76.6 Å². The number of halogens is 3. The molecule has 32 heavy (non-hydrogen) atoms. The highest BCUT2D eigenvalue weighted by Crippen LogP contribution is 2.31. The third-order valence-electron chi connectivity index (χ3n) is 6.11. The van der Waals surface area contributed by atoms with Gasteiger partial charge in [0, 0.05) is 18.2 Å². The van der Waals surface area contributed by atoms with Crippen molar-refractivity contribution in [1.29, 1.82) is 0 Å². The molecule has 1 N–H and O–H groups in total. The summed E-state index contributed by atoms with van der Waals surface area (Å²) in [5.41, 5.74) is 3.17. The Labute approximate surface area is 189 Å². The fourth-order valence-corrected chi connectivity index (χ4v) is 4.32. The fourth-order valence-electron chi connectivity index (χ4n) is 4.32. The largest absolute Gasteiger partial charge is 0.496 e. The van der Waals surface area contributed by atoms with Gasteiger partial charge in [0.05, 0.1) is 13.7 Å². The summed E-state index contributed by atoms with van der Waals surface area (Å²) in [7, 11) is 1.50. The standard InChI is InChI=1S/C26H34F3NO2/c1-31-25-16-24(15-14-23(25)17-30-19-26(27,28)29)32-18-20-10-12-22(13-11-20)21-8-6-4-2-3-5-7-9-21/h10-16,21,30H,2-9,17-19H2,1H3. The van der Waals surface area contributed by atoms with E-state index in [0.29, 0.717) is 29.6 Å². The first kappa shape index (κ1) is 24.4. The second-order valence-corrected chi connectivity index (χ2v) is 8.62. The molecule has 0 radical (unpaired) electrons. The van der Waals surface area contributed by atoms with E-state index in [1.165, 1.54) is 64.0 Å². The topological polar surface area (TPSA) is 30.5 Å². The van der Waals surface area contributed by atoms with Crippen molar-refractivity contribution in [1.82, 2.24) is 5.32 Å². The van der Waals surface area contributed by atoms with E-state index in [0.717, 1.165) is 5.56 Å². The predicted molar refractivity (Wildman–Crippen MR) is 121 cm³/mol. The number of hydrogen-bond donors (Lipinski definition) is 1. The summed E-state index contributed by atoms with van der Waals surface area (Å²) in [6, 6.07) is 13.9. The summed E-state index contributed by atoms with van der Waals surface area (Å²) in [6.07, 6.45) is 6.41. The van der Waals surface area contributed by atoms with E-state index in [1.54, 1.807) is 18.2 Å². The van der Waals surface area contributed by atoms with E-state index in [1.807, 2.05) is 0 Å². The van der Waals surface area contributed by atoms with E-state index < -0.39 is 12.7 Å². The number of methoxy groups -OCH3 is 1. The second-order valence-electron chi connectivity index (χ2n) is 8.62. The zero-order valence-corrected chi connectivity index (χ0v) is 18.8. The van der Waals surface area contributed by atoms with Crippen LogP contribution in [0.25, 0.3) is 0 Å². The summed E-state index contributed by atoms with van der Waals surface area (Å²) in [5, 5.41) is 2.39. The van der Waals surface area contributed by atoms with Crippen LogP contribution in [0.5, 0.6) is 11.5 Å². The van der Waals surface area contributed by atoms with Gasteiger partial charge in [-0.05, 0) is 36.0 Å². The molecule has 1 aliphatic carbocycles. The van der Waals surface area contributed by atoms with Gasteiger partial charge in [-0.1, -0.05) is 68.9 Å². The molecule has 2 aromatic carbocycles. The maximum absolute atomic E-state index is 12.3. The van der Waals surface area contributed by atoms with Gasteiger partial charge in [-0.15, -0.1) is 0 Å².